The molecule has 1 fully saturated rings. The number of methoxy groups -OCH3 is 3. The second kappa shape index (κ2) is 16.2. The molecule has 0 aromatic heterocycles. The van der Waals surface area contributed by atoms with E-state index in [0.717, 1.165) is 23.8 Å². The Morgan fingerprint density at radius 2 is 1.70 bits per heavy atom. The van der Waals surface area contributed by atoms with Crippen molar-refractivity contribution >= 4 is 45.3 Å². The topological polar surface area (TPSA) is 154 Å². The Labute approximate surface area is 272 Å². The molecule has 0 radical (unpaired) electrons. The van der Waals surface area contributed by atoms with Gasteiger partial charge in [0, 0.05) is 24.2 Å². The fourth-order valence-electron chi connectivity index (χ4n) is 4.49. The van der Waals surface area contributed by atoms with E-state index in [1.54, 1.807) is 24.3 Å². The number of halogens is 1. The first-order valence-electron chi connectivity index (χ1n) is 14.2. The van der Waals surface area contributed by atoms with E-state index in [2.05, 4.69) is 15.8 Å². The molecule has 3 aromatic rings. The van der Waals surface area contributed by atoms with Crippen LogP contribution in [0.1, 0.15) is 18.4 Å². The van der Waals surface area contributed by atoms with Gasteiger partial charge in [0.05, 0.1) is 44.2 Å². The summed E-state index contributed by atoms with van der Waals surface area (Å²) in [5.41, 5.74) is 3.01. The van der Waals surface area contributed by atoms with Crippen LogP contribution in [0, 0.1) is 0 Å². The second-order valence-corrected chi connectivity index (χ2v) is 12.2. The minimum absolute atomic E-state index is 0.0417. The van der Waals surface area contributed by atoms with Crippen LogP contribution in [0.5, 0.6) is 23.0 Å². The number of rotatable bonds is 15. The third-order valence-corrected chi connectivity index (χ3v) is 8.83. The van der Waals surface area contributed by atoms with Gasteiger partial charge in [0.25, 0.3) is 21.8 Å². The summed E-state index contributed by atoms with van der Waals surface area (Å²) in [6.45, 7) is 0.369. The summed E-state index contributed by atoms with van der Waals surface area (Å²) in [6, 6.07) is 15.1. The lowest BCUT2D eigenvalue weighted by atomic mass is 10.2. The Kier molecular flexibility index (Phi) is 12.1. The normalized spacial score (nSPS) is 14.5. The van der Waals surface area contributed by atoms with Crippen LogP contribution in [-0.4, -0.2) is 80.2 Å². The molecule has 46 heavy (non-hydrogen) atoms. The zero-order chi connectivity index (χ0) is 33.1. The van der Waals surface area contributed by atoms with Crippen LogP contribution < -0.4 is 34.0 Å². The van der Waals surface area contributed by atoms with Crippen molar-refractivity contribution in [3.63, 3.8) is 0 Å². The Balaban J connectivity index is 1.42. The number of ether oxygens (including phenoxy) is 5. The third kappa shape index (κ3) is 9.02. The molecule has 13 nitrogen and oxygen atoms in total. The molecule has 4 rings (SSSR count). The van der Waals surface area contributed by atoms with Crippen molar-refractivity contribution in [2.75, 3.05) is 51.9 Å². The van der Waals surface area contributed by atoms with Crippen LogP contribution in [0.25, 0.3) is 0 Å². The molecular formula is C31H35ClN4O9S. The number of sulfonamides is 1. The summed E-state index contributed by atoms with van der Waals surface area (Å²) in [4.78, 5) is 24.9. The van der Waals surface area contributed by atoms with Crippen LogP contribution >= 0.6 is 11.6 Å². The van der Waals surface area contributed by atoms with Crippen molar-refractivity contribution in [1.29, 1.82) is 0 Å². The SMILES string of the molecule is COc1ccc(S(=O)(=O)N(CC(=O)N/N=C\c2ccc(OCC(=O)NC[C@@H]3CCCO3)cc2)c2cc(Cl)ccc2OC)cc1OC. The van der Waals surface area contributed by atoms with Gasteiger partial charge >= 0.3 is 0 Å². The molecule has 0 bridgehead atoms. The minimum Gasteiger partial charge on any atom is -0.495 e. The van der Waals surface area contributed by atoms with Crippen LogP contribution in [0.3, 0.4) is 0 Å². The summed E-state index contributed by atoms with van der Waals surface area (Å²) in [6.07, 6.45) is 3.35. The number of anilines is 1. The van der Waals surface area contributed by atoms with Gasteiger partial charge < -0.3 is 29.0 Å². The van der Waals surface area contributed by atoms with Crippen LogP contribution in [0.15, 0.2) is 70.7 Å². The van der Waals surface area contributed by atoms with Gasteiger partial charge in [0.1, 0.15) is 18.0 Å². The van der Waals surface area contributed by atoms with Gasteiger partial charge in [-0.05, 0) is 73.0 Å². The maximum absolute atomic E-state index is 13.9. The Hall–Kier alpha value is -4.53. The van der Waals surface area contributed by atoms with Crippen molar-refractivity contribution in [1.82, 2.24) is 10.7 Å². The number of hydrogen-bond donors (Lipinski definition) is 2. The summed E-state index contributed by atoms with van der Waals surface area (Å²) < 4.78 is 55.6. The highest BCUT2D eigenvalue weighted by Crippen LogP contribution is 2.37. The molecule has 246 valence electrons. The Bertz CT molecular complexity index is 1650. The van der Waals surface area contributed by atoms with E-state index in [1.165, 1.54) is 63.9 Å². The zero-order valence-electron chi connectivity index (χ0n) is 25.5. The molecule has 0 spiro atoms. The maximum Gasteiger partial charge on any atom is 0.265 e. The van der Waals surface area contributed by atoms with Gasteiger partial charge in [-0.3, -0.25) is 13.9 Å². The number of carbonyl (C=O) groups is 2. The fourth-order valence-corrected chi connectivity index (χ4v) is 6.10. The molecule has 1 aliphatic heterocycles. The number of hydrazone groups is 1. The van der Waals surface area contributed by atoms with Gasteiger partial charge in [-0.15, -0.1) is 0 Å². The van der Waals surface area contributed by atoms with Crippen molar-refractivity contribution in [3.05, 3.63) is 71.2 Å². The van der Waals surface area contributed by atoms with E-state index >= 15 is 0 Å². The minimum atomic E-state index is -4.36. The number of hydrogen-bond acceptors (Lipinski definition) is 10. The predicted octanol–water partition coefficient (Wildman–Crippen LogP) is 3.39. The molecule has 1 heterocycles. The largest absolute Gasteiger partial charge is 0.495 e. The summed E-state index contributed by atoms with van der Waals surface area (Å²) in [7, 11) is -0.180. The van der Waals surface area contributed by atoms with E-state index in [1.807, 2.05) is 0 Å². The maximum atomic E-state index is 13.9. The molecule has 0 unspecified atom stereocenters. The average Bonchev–Trinajstić information content (AvgIpc) is 3.59. The number of nitrogens with zero attached hydrogens (tertiary/aromatic N) is 2. The van der Waals surface area contributed by atoms with E-state index < -0.39 is 22.5 Å². The van der Waals surface area contributed by atoms with E-state index in [9.17, 15) is 18.0 Å². The highest BCUT2D eigenvalue weighted by atomic mass is 35.5. The monoisotopic (exact) mass is 674 g/mol. The van der Waals surface area contributed by atoms with Crippen LogP contribution in [0.4, 0.5) is 5.69 Å². The molecule has 2 N–H and O–H groups in total. The summed E-state index contributed by atoms with van der Waals surface area (Å²) >= 11 is 6.20. The van der Waals surface area contributed by atoms with Crippen molar-refractivity contribution < 1.29 is 41.7 Å². The molecule has 1 atom stereocenters. The molecule has 3 aromatic carbocycles. The first-order valence-corrected chi connectivity index (χ1v) is 16.0. The summed E-state index contributed by atoms with van der Waals surface area (Å²) in [5.74, 6) is 0.172. The lowest BCUT2D eigenvalue weighted by molar-refractivity contribution is -0.123. The fraction of sp³-hybridized carbons (Fsp3) is 0.323. The van der Waals surface area contributed by atoms with Crippen LogP contribution in [-0.2, 0) is 24.3 Å². The van der Waals surface area contributed by atoms with Gasteiger partial charge in [-0.1, -0.05) is 11.6 Å². The van der Waals surface area contributed by atoms with Gasteiger partial charge in [0.2, 0.25) is 0 Å². The first-order chi connectivity index (χ1) is 22.1. The third-order valence-electron chi connectivity index (χ3n) is 6.84. The number of amides is 2. The predicted molar refractivity (Wildman–Crippen MR) is 172 cm³/mol. The zero-order valence-corrected chi connectivity index (χ0v) is 27.1. The number of nitrogens with one attached hydrogen (secondary N) is 2. The molecular weight excluding hydrogens is 640 g/mol. The molecule has 1 aliphatic rings. The van der Waals surface area contributed by atoms with Gasteiger partial charge in [-0.25, -0.2) is 13.8 Å². The second-order valence-electron chi connectivity index (χ2n) is 9.93. The van der Waals surface area contributed by atoms with E-state index in [-0.39, 0.29) is 45.7 Å². The Morgan fingerprint density at radius 1 is 0.978 bits per heavy atom. The molecule has 15 heteroatoms. The molecule has 0 aliphatic carbocycles. The number of benzene rings is 3. The highest BCUT2D eigenvalue weighted by Gasteiger charge is 2.30. The van der Waals surface area contributed by atoms with Crippen LogP contribution in [0.2, 0.25) is 5.02 Å². The van der Waals surface area contributed by atoms with Crippen molar-refractivity contribution in [2.45, 2.75) is 23.8 Å². The standard InChI is InChI=1S/C31H35ClN4O9S/c1-41-27-12-8-22(32)15-26(27)36(46(39,40)25-11-13-28(42-2)29(16-25)43-3)19-30(37)35-34-17-21-6-9-23(10-7-21)45-20-31(38)33-18-24-5-4-14-44-24/h6-13,15-17,24H,4-5,14,18-20H2,1-3H3,(H,33,38)(H,35,37)/b34-17-/t24-/m0/s1. The number of carbonyl (C=O) groups excluding carboxylic acids is 2. The van der Waals surface area contributed by atoms with Gasteiger partial charge in [0.15, 0.2) is 18.1 Å². The highest BCUT2D eigenvalue weighted by molar-refractivity contribution is 7.92. The quantitative estimate of drug-likeness (QED) is 0.182. The van der Waals surface area contributed by atoms with E-state index in [4.69, 9.17) is 35.3 Å². The summed E-state index contributed by atoms with van der Waals surface area (Å²) in [5, 5.41) is 6.98. The smallest absolute Gasteiger partial charge is 0.265 e. The first kappa shape index (κ1) is 34.3. The lowest BCUT2D eigenvalue weighted by Gasteiger charge is -2.25. The molecule has 0 saturated carbocycles. The van der Waals surface area contributed by atoms with Crippen molar-refractivity contribution in [3.8, 4) is 23.0 Å². The molecule has 1 saturated heterocycles. The lowest BCUT2D eigenvalue weighted by Crippen LogP contribution is -2.39. The van der Waals surface area contributed by atoms with Crippen molar-refractivity contribution in [2.24, 2.45) is 5.10 Å². The van der Waals surface area contributed by atoms with Gasteiger partial charge in [-0.2, -0.15) is 5.10 Å². The Morgan fingerprint density at radius 3 is 2.37 bits per heavy atom. The molecule has 2 amide bonds. The van der Waals surface area contributed by atoms with E-state index in [0.29, 0.717) is 23.6 Å². The average molecular weight is 675 g/mol.